The van der Waals surface area contributed by atoms with Gasteiger partial charge in [0.1, 0.15) is 15.7 Å². The molecule has 1 fully saturated rings. The molecular weight excluding hydrogens is 354 g/mol. The summed E-state index contributed by atoms with van der Waals surface area (Å²) in [6.45, 7) is 1.46. The fourth-order valence-electron chi connectivity index (χ4n) is 2.37. The van der Waals surface area contributed by atoms with Gasteiger partial charge in [-0.05, 0) is 18.6 Å². The number of aromatic carboxylic acids is 1. The molecule has 3 heterocycles. The summed E-state index contributed by atoms with van der Waals surface area (Å²) in [4.78, 5) is 20.7. The predicted octanol–water partition coefficient (Wildman–Crippen LogP) is 0.574. The lowest BCUT2D eigenvalue weighted by atomic mass is 10.3. The van der Waals surface area contributed by atoms with Crippen molar-refractivity contribution in [3.63, 3.8) is 0 Å². The smallest absolute Gasteiger partial charge is 0.357 e. The van der Waals surface area contributed by atoms with Crippen LogP contribution in [0.5, 0.6) is 0 Å². The molecule has 0 amide bonds. The number of nitrogens with two attached hydrogens (primary N) is 1. The molecule has 1 aliphatic heterocycles. The van der Waals surface area contributed by atoms with Crippen molar-refractivity contribution >= 4 is 38.1 Å². The molecule has 1 saturated heterocycles. The predicted molar refractivity (Wildman–Crippen MR) is 88.9 cm³/mol. The number of hydrogen-bond acceptors (Lipinski definition) is 8. The van der Waals surface area contributed by atoms with Crippen LogP contribution in [0.25, 0.3) is 0 Å². The third kappa shape index (κ3) is 3.32. The van der Waals surface area contributed by atoms with E-state index in [1.807, 2.05) is 4.90 Å². The minimum absolute atomic E-state index is 0.0444. The highest BCUT2D eigenvalue weighted by Crippen LogP contribution is 2.25. The number of pyridine rings is 1. The van der Waals surface area contributed by atoms with Crippen LogP contribution in [0.2, 0.25) is 0 Å². The van der Waals surface area contributed by atoms with Crippen molar-refractivity contribution in [3.8, 4) is 0 Å². The van der Waals surface area contributed by atoms with Gasteiger partial charge < -0.3 is 15.7 Å². The lowest BCUT2D eigenvalue weighted by Gasteiger charge is -2.16. The number of aromatic nitrogens is 2. The van der Waals surface area contributed by atoms with Crippen LogP contribution in [0.15, 0.2) is 28.7 Å². The number of sulfonamides is 1. The second-order valence-corrected chi connectivity index (χ2v) is 7.82. The summed E-state index contributed by atoms with van der Waals surface area (Å²) in [5.74, 6) is -0.640. The Hall–Kier alpha value is -2.24. The monoisotopic (exact) mass is 369 g/mol. The van der Waals surface area contributed by atoms with Gasteiger partial charge in [-0.3, -0.25) is 4.72 Å². The molecule has 0 aromatic carbocycles. The molecule has 24 heavy (non-hydrogen) atoms. The zero-order valence-electron chi connectivity index (χ0n) is 12.4. The average molecular weight is 369 g/mol. The first-order valence-corrected chi connectivity index (χ1v) is 9.39. The first kappa shape index (κ1) is 16.6. The van der Waals surface area contributed by atoms with Crippen LogP contribution in [0.3, 0.4) is 0 Å². The third-order valence-electron chi connectivity index (χ3n) is 3.58. The minimum Gasteiger partial charge on any atom is -0.476 e. The Morgan fingerprint density at radius 3 is 2.79 bits per heavy atom. The van der Waals surface area contributed by atoms with Crippen LogP contribution >= 0.6 is 11.3 Å². The molecule has 9 nitrogen and oxygen atoms in total. The van der Waals surface area contributed by atoms with E-state index in [-0.39, 0.29) is 21.6 Å². The van der Waals surface area contributed by atoms with Crippen molar-refractivity contribution in [1.29, 1.82) is 0 Å². The highest BCUT2D eigenvalue weighted by molar-refractivity contribution is 7.93. The van der Waals surface area contributed by atoms with Gasteiger partial charge in [0.25, 0.3) is 10.0 Å². The fraction of sp³-hybridized carbons (Fsp3) is 0.308. The Morgan fingerprint density at radius 1 is 1.42 bits per heavy atom. The van der Waals surface area contributed by atoms with Gasteiger partial charge in [0, 0.05) is 25.3 Å². The number of carbonyl (C=O) groups is 1. The number of anilines is 2. The first-order valence-electron chi connectivity index (χ1n) is 7.03. The summed E-state index contributed by atoms with van der Waals surface area (Å²) in [7, 11) is -3.94. The second-order valence-electron chi connectivity index (χ2n) is 5.29. The van der Waals surface area contributed by atoms with Gasteiger partial charge in [-0.15, -0.1) is 11.3 Å². The zero-order chi connectivity index (χ0) is 17.3. The molecule has 1 atom stereocenters. The molecule has 4 N–H and O–H groups in total. The molecule has 11 heteroatoms. The van der Waals surface area contributed by atoms with Crippen LogP contribution in [-0.4, -0.2) is 48.6 Å². The largest absolute Gasteiger partial charge is 0.476 e. The Balaban J connectivity index is 1.80. The Bertz CT molecular complexity index is 850. The zero-order valence-corrected chi connectivity index (χ0v) is 14.0. The van der Waals surface area contributed by atoms with Crippen LogP contribution in [0.1, 0.15) is 16.9 Å². The van der Waals surface area contributed by atoms with E-state index in [0.717, 1.165) is 24.3 Å². The number of carboxylic acids is 1. The third-order valence-corrected chi connectivity index (χ3v) is 5.78. The molecule has 0 saturated carbocycles. The van der Waals surface area contributed by atoms with Crippen LogP contribution in [0.4, 0.5) is 10.8 Å². The minimum atomic E-state index is -3.94. The van der Waals surface area contributed by atoms with E-state index in [0.29, 0.717) is 12.4 Å². The molecular formula is C13H15N5O4S2. The van der Waals surface area contributed by atoms with Gasteiger partial charge in [-0.25, -0.2) is 23.2 Å². The molecule has 0 radical (unpaired) electrons. The van der Waals surface area contributed by atoms with Gasteiger partial charge in [0.05, 0.1) is 5.51 Å². The maximum atomic E-state index is 12.4. The highest BCUT2D eigenvalue weighted by atomic mass is 32.2. The molecule has 1 aliphatic rings. The van der Waals surface area contributed by atoms with E-state index in [1.54, 1.807) is 6.07 Å². The Labute approximate surface area is 142 Å². The summed E-state index contributed by atoms with van der Waals surface area (Å²) in [5, 5.41) is 8.94. The molecule has 1 unspecified atom stereocenters. The van der Waals surface area contributed by atoms with E-state index in [4.69, 9.17) is 10.8 Å². The standard InChI is InChI=1S/C13H15N5O4S2/c14-8-3-4-18(6-8)10-2-1-9(5-15-10)24(21,22)17-12-11(13(19)20)16-7-23-12/h1-2,5,7-8,17H,3-4,6,14H2,(H,19,20). The van der Waals surface area contributed by atoms with E-state index in [1.165, 1.54) is 17.8 Å². The van der Waals surface area contributed by atoms with Crippen molar-refractivity contribution in [1.82, 2.24) is 9.97 Å². The Morgan fingerprint density at radius 2 is 2.21 bits per heavy atom. The van der Waals surface area contributed by atoms with Crippen LogP contribution in [-0.2, 0) is 10.0 Å². The van der Waals surface area contributed by atoms with Crippen molar-refractivity contribution < 1.29 is 18.3 Å². The lowest BCUT2D eigenvalue weighted by Crippen LogP contribution is -2.26. The molecule has 3 rings (SSSR count). The van der Waals surface area contributed by atoms with E-state index >= 15 is 0 Å². The van der Waals surface area contributed by atoms with Gasteiger partial charge in [0.15, 0.2) is 5.69 Å². The summed E-state index contributed by atoms with van der Waals surface area (Å²) >= 11 is 0.898. The summed E-state index contributed by atoms with van der Waals surface area (Å²) in [6, 6.07) is 3.13. The van der Waals surface area contributed by atoms with Gasteiger partial charge >= 0.3 is 5.97 Å². The fourth-order valence-corrected chi connectivity index (χ4v) is 4.30. The van der Waals surface area contributed by atoms with Gasteiger partial charge in [-0.1, -0.05) is 0 Å². The van der Waals surface area contributed by atoms with Crippen molar-refractivity contribution in [2.45, 2.75) is 17.4 Å². The molecule has 0 spiro atoms. The lowest BCUT2D eigenvalue weighted by molar-refractivity contribution is 0.0692. The number of nitrogens with zero attached hydrogens (tertiary/aromatic N) is 3. The van der Waals surface area contributed by atoms with E-state index in [2.05, 4.69) is 14.7 Å². The highest BCUT2D eigenvalue weighted by Gasteiger charge is 2.23. The molecule has 128 valence electrons. The summed E-state index contributed by atoms with van der Waals surface area (Å²) in [6.07, 6.45) is 2.11. The van der Waals surface area contributed by atoms with Crippen LogP contribution in [0, 0.1) is 0 Å². The summed E-state index contributed by atoms with van der Waals surface area (Å²) < 4.78 is 27.0. The van der Waals surface area contributed by atoms with Gasteiger partial charge in [0.2, 0.25) is 0 Å². The average Bonchev–Trinajstić information content (AvgIpc) is 3.16. The number of nitrogens with one attached hydrogen (secondary N) is 1. The number of carboxylic acid groups (broad SMARTS) is 1. The molecule has 0 aliphatic carbocycles. The quantitative estimate of drug-likeness (QED) is 0.695. The molecule has 2 aromatic heterocycles. The number of thiazole rings is 1. The Kier molecular flexibility index (Phi) is 4.39. The second kappa shape index (κ2) is 6.34. The maximum absolute atomic E-state index is 12.4. The first-order chi connectivity index (χ1) is 11.4. The topological polar surface area (TPSA) is 139 Å². The molecule has 2 aromatic rings. The number of rotatable bonds is 5. The van der Waals surface area contributed by atoms with Crippen molar-refractivity contribution in [2.24, 2.45) is 5.73 Å². The summed E-state index contributed by atoms with van der Waals surface area (Å²) in [5.41, 5.74) is 6.78. The molecule has 0 bridgehead atoms. The maximum Gasteiger partial charge on any atom is 0.357 e. The normalized spacial score (nSPS) is 17.9. The van der Waals surface area contributed by atoms with Crippen LogP contribution < -0.4 is 15.4 Å². The van der Waals surface area contributed by atoms with Crippen molar-refractivity contribution in [3.05, 3.63) is 29.5 Å². The van der Waals surface area contributed by atoms with E-state index in [9.17, 15) is 13.2 Å². The number of hydrogen-bond donors (Lipinski definition) is 3. The van der Waals surface area contributed by atoms with E-state index < -0.39 is 16.0 Å². The SMILES string of the molecule is NC1CCN(c2ccc(S(=O)(=O)Nc3scnc3C(=O)O)cn2)C1. The van der Waals surface area contributed by atoms with Gasteiger partial charge in [-0.2, -0.15) is 0 Å². The van der Waals surface area contributed by atoms with Crippen molar-refractivity contribution in [2.75, 3.05) is 22.7 Å².